The number of hydrogen-bond acceptors (Lipinski definition) is 6. The van der Waals surface area contributed by atoms with Gasteiger partial charge in [0, 0.05) is 48.9 Å². The minimum atomic E-state index is -0.278. The van der Waals surface area contributed by atoms with E-state index < -0.39 is 0 Å². The van der Waals surface area contributed by atoms with E-state index in [1.807, 2.05) is 10.7 Å². The van der Waals surface area contributed by atoms with Gasteiger partial charge < -0.3 is 15.6 Å². The Hall–Kier alpha value is -3.46. The van der Waals surface area contributed by atoms with Gasteiger partial charge in [0.05, 0.1) is 24.0 Å². The number of fused-ring (bicyclic) bond motifs is 2. The van der Waals surface area contributed by atoms with Crippen molar-refractivity contribution >= 4 is 28.3 Å². The summed E-state index contributed by atoms with van der Waals surface area (Å²) < 4.78 is 1.86. The van der Waals surface area contributed by atoms with Crippen molar-refractivity contribution in [2.75, 3.05) is 37.6 Å². The van der Waals surface area contributed by atoms with Crippen molar-refractivity contribution in [1.29, 1.82) is 0 Å². The summed E-state index contributed by atoms with van der Waals surface area (Å²) in [6, 6.07) is 0. The average molecular weight is 461 g/mol. The van der Waals surface area contributed by atoms with Crippen molar-refractivity contribution in [2.45, 2.75) is 40.5 Å². The molecule has 1 saturated heterocycles. The fraction of sp³-hybridized carbons (Fsp3) is 0.440. The molecule has 0 unspecified atom stereocenters. The van der Waals surface area contributed by atoms with Crippen LogP contribution in [-0.2, 0) is 4.79 Å². The Morgan fingerprint density at radius 2 is 1.82 bits per heavy atom. The van der Waals surface area contributed by atoms with Gasteiger partial charge in [-0.05, 0) is 43.4 Å². The number of carbonyl (C=O) groups is 1. The Labute approximate surface area is 199 Å². The summed E-state index contributed by atoms with van der Waals surface area (Å²) in [7, 11) is 0. The summed E-state index contributed by atoms with van der Waals surface area (Å²) in [5.74, 6) is 1.05. The molecule has 9 heteroatoms. The third kappa shape index (κ3) is 3.60. The van der Waals surface area contributed by atoms with E-state index in [0.717, 1.165) is 60.0 Å². The second kappa shape index (κ2) is 8.39. The molecule has 3 N–H and O–H groups in total. The molecule has 0 aliphatic carbocycles. The number of piperazine rings is 1. The molecule has 0 aromatic carbocycles. The van der Waals surface area contributed by atoms with E-state index in [0.29, 0.717) is 12.5 Å². The van der Waals surface area contributed by atoms with Gasteiger partial charge in [-0.15, -0.1) is 0 Å². The number of aromatic nitrogens is 5. The highest BCUT2D eigenvalue weighted by Crippen LogP contribution is 2.40. The predicted octanol–water partition coefficient (Wildman–Crippen LogP) is 2.93. The first-order valence-electron chi connectivity index (χ1n) is 11.8. The molecule has 5 heterocycles. The lowest BCUT2D eigenvalue weighted by atomic mass is 9.92. The largest absolute Gasteiger partial charge is 0.369 e. The zero-order valence-corrected chi connectivity index (χ0v) is 20.5. The minimum Gasteiger partial charge on any atom is -0.369 e. The normalized spacial score (nSPS) is 15.2. The molecule has 1 amide bonds. The van der Waals surface area contributed by atoms with Crippen LogP contribution in [0.2, 0.25) is 0 Å². The quantitative estimate of drug-likeness (QED) is 0.474. The van der Waals surface area contributed by atoms with Crippen molar-refractivity contribution in [3.63, 3.8) is 0 Å². The van der Waals surface area contributed by atoms with E-state index in [9.17, 15) is 4.79 Å². The number of nitrogens with one attached hydrogen (secondary N) is 1. The van der Waals surface area contributed by atoms with Gasteiger partial charge in [-0.25, -0.2) is 14.5 Å². The molecule has 4 aromatic rings. The van der Waals surface area contributed by atoms with Crippen molar-refractivity contribution < 1.29 is 4.79 Å². The third-order valence-corrected chi connectivity index (χ3v) is 7.12. The van der Waals surface area contributed by atoms with Crippen LogP contribution in [0.5, 0.6) is 0 Å². The first-order chi connectivity index (χ1) is 16.3. The Balaban J connectivity index is 1.60. The number of aromatic amines is 1. The highest BCUT2D eigenvalue weighted by Gasteiger charge is 2.25. The fourth-order valence-corrected chi connectivity index (χ4v) is 5.27. The molecule has 4 aromatic heterocycles. The summed E-state index contributed by atoms with van der Waals surface area (Å²) in [6.45, 7) is 14.5. The van der Waals surface area contributed by atoms with Crippen LogP contribution in [0.4, 0.5) is 5.82 Å². The van der Waals surface area contributed by atoms with Crippen LogP contribution in [0, 0.1) is 20.8 Å². The van der Waals surface area contributed by atoms with E-state index in [2.05, 4.69) is 65.7 Å². The molecule has 0 bridgehead atoms. The summed E-state index contributed by atoms with van der Waals surface area (Å²) in [5.41, 5.74) is 14.4. The van der Waals surface area contributed by atoms with Crippen molar-refractivity contribution in [2.24, 2.45) is 5.73 Å². The number of carbonyl (C=O) groups excluding carboxylic acids is 1. The van der Waals surface area contributed by atoms with Gasteiger partial charge in [0.15, 0.2) is 5.65 Å². The monoisotopic (exact) mass is 460 g/mol. The van der Waals surface area contributed by atoms with E-state index in [1.54, 1.807) is 6.33 Å². The second-order valence-corrected chi connectivity index (χ2v) is 9.61. The first kappa shape index (κ1) is 22.3. The van der Waals surface area contributed by atoms with Gasteiger partial charge in [-0.3, -0.25) is 9.69 Å². The van der Waals surface area contributed by atoms with Crippen LogP contribution in [0.25, 0.3) is 27.8 Å². The standard InChI is InChI=1S/C25H32N8O/c1-14(2)21-22-17(5)24(32-8-6-31(7-9-32)12-20(26)34)27-10-19(22)30-23(21)18-11-33-25(28-13-29-33)16(4)15(18)3/h10-11,13-14,30H,6-9,12H2,1-5H3,(H2,26,34). The minimum absolute atomic E-state index is 0.278. The highest BCUT2D eigenvalue weighted by molar-refractivity contribution is 5.96. The molecular weight excluding hydrogens is 428 g/mol. The molecule has 0 spiro atoms. The maximum atomic E-state index is 11.3. The molecule has 34 heavy (non-hydrogen) atoms. The summed E-state index contributed by atoms with van der Waals surface area (Å²) in [5, 5.41) is 5.63. The van der Waals surface area contributed by atoms with Gasteiger partial charge in [0.2, 0.25) is 5.91 Å². The number of primary amides is 1. The van der Waals surface area contributed by atoms with Crippen LogP contribution in [0.3, 0.4) is 0 Å². The highest BCUT2D eigenvalue weighted by atomic mass is 16.1. The molecule has 5 rings (SSSR count). The second-order valence-electron chi connectivity index (χ2n) is 9.61. The topological polar surface area (TPSA) is 108 Å². The molecule has 9 nitrogen and oxygen atoms in total. The third-order valence-electron chi connectivity index (χ3n) is 7.12. The molecule has 1 aliphatic rings. The number of nitrogens with two attached hydrogens (primary N) is 1. The van der Waals surface area contributed by atoms with Gasteiger partial charge in [-0.1, -0.05) is 13.8 Å². The van der Waals surface area contributed by atoms with E-state index in [4.69, 9.17) is 10.7 Å². The molecule has 1 fully saturated rings. The predicted molar refractivity (Wildman–Crippen MR) is 134 cm³/mol. The zero-order chi connectivity index (χ0) is 24.1. The number of H-pyrrole nitrogens is 1. The van der Waals surface area contributed by atoms with Crippen LogP contribution >= 0.6 is 0 Å². The van der Waals surface area contributed by atoms with Crippen molar-refractivity contribution in [1.82, 2.24) is 29.5 Å². The number of aryl methyl sites for hydroxylation is 2. The smallest absolute Gasteiger partial charge is 0.231 e. The molecular formula is C25H32N8O. The van der Waals surface area contributed by atoms with E-state index in [-0.39, 0.29) is 5.91 Å². The Morgan fingerprint density at radius 1 is 1.09 bits per heavy atom. The van der Waals surface area contributed by atoms with Gasteiger partial charge in [0.1, 0.15) is 12.1 Å². The number of anilines is 1. The number of hydrogen-bond donors (Lipinski definition) is 2. The molecule has 1 aliphatic heterocycles. The zero-order valence-electron chi connectivity index (χ0n) is 20.5. The van der Waals surface area contributed by atoms with Crippen LogP contribution in [-0.4, -0.2) is 68.1 Å². The lowest BCUT2D eigenvalue weighted by Crippen LogP contribution is -2.49. The Kier molecular flexibility index (Phi) is 5.51. The van der Waals surface area contributed by atoms with Gasteiger partial charge in [-0.2, -0.15) is 5.10 Å². The Morgan fingerprint density at radius 3 is 2.50 bits per heavy atom. The van der Waals surface area contributed by atoms with Crippen LogP contribution in [0.1, 0.15) is 42.0 Å². The average Bonchev–Trinajstić information content (AvgIpc) is 3.42. The molecule has 178 valence electrons. The SMILES string of the molecule is Cc1c(-c2[nH]c3cnc(N4CCN(CC(N)=O)CC4)c(C)c3c2C(C)C)cn2ncnc2c1C. The molecule has 0 radical (unpaired) electrons. The lowest BCUT2D eigenvalue weighted by molar-refractivity contribution is -0.119. The first-order valence-corrected chi connectivity index (χ1v) is 11.8. The fourth-order valence-electron chi connectivity index (χ4n) is 5.27. The maximum absolute atomic E-state index is 11.3. The van der Waals surface area contributed by atoms with Crippen LogP contribution in [0.15, 0.2) is 18.7 Å². The lowest BCUT2D eigenvalue weighted by Gasteiger charge is -2.35. The van der Waals surface area contributed by atoms with E-state index in [1.165, 1.54) is 22.1 Å². The maximum Gasteiger partial charge on any atom is 0.231 e. The number of nitrogens with zero attached hydrogens (tertiary/aromatic N) is 6. The van der Waals surface area contributed by atoms with Gasteiger partial charge >= 0.3 is 0 Å². The Bertz CT molecular complexity index is 1390. The van der Waals surface area contributed by atoms with E-state index >= 15 is 0 Å². The van der Waals surface area contributed by atoms with Crippen molar-refractivity contribution in [3.8, 4) is 11.3 Å². The summed E-state index contributed by atoms with van der Waals surface area (Å²) in [4.78, 5) is 28.7. The number of pyridine rings is 2. The van der Waals surface area contributed by atoms with Crippen molar-refractivity contribution in [3.05, 3.63) is 41.0 Å². The summed E-state index contributed by atoms with van der Waals surface area (Å²) in [6.07, 6.45) is 5.63. The van der Waals surface area contributed by atoms with Gasteiger partial charge in [0.25, 0.3) is 0 Å². The molecule has 0 atom stereocenters. The number of rotatable bonds is 5. The molecule has 0 saturated carbocycles. The number of amides is 1. The summed E-state index contributed by atoms with van der Waals surface area (Å²) >= 11 is 0. The van der Waals surface area contributed by atoms with Crippen LogP contribution < -0.4 is 10.6 Å².